The first-order valence-corrected chi connectivity index (χ1v) is 4.58. The van der Waals surface area contributed by atoms with Crippen LogP contribution in [0.25, 0.3) is 0 Å². The molecule has 0 saturated heterocycles. The van der Waals surface area contributed by atoms with Crippen molar-refractivity contribution in [1.82, 2.24) is 15.0 Å². The molecule has 1 amide bonds. The Morgan fingerprint density at radius 1 is 1.64 bits per heavy atom. The van der Waals surface area contributed by atoms with Gasteiger partial charge in [-0.2, -0.15) is 0 Å². The van der Waals surface area contributed by atoms with E-state index in [1.165, 1.54) is 0 Å². The summed E-state index contributed by atoms with van der Waals surface area (Å²) in [5.74, 6) is -0.199. The Hall–Kier alpha value is -1.43. The van der Waals surface area contributed by atoms with Crippen LogP contribution in [0.3, 0.4) is 0 Å². The highest BCUT2D eigenvalue weighted by atomic mass is 16.3. The molecular weight excluding hydrogens is 184 g/mol. The summed E-state index contributed by atoms with van der Waals surface area (Å²) in [4.78, 5) is 11.0. The molecule has 0 atom stereocenters. The van der Waals surface area contributed by atoms with Crippen molar-refractivity contribution in [1.29, 1.82) is 0 Å². The second-order valence-electron chi connectivity index (χ2n) is 3.41. The van der Waals surface area contributed by atoms with E-state index in [0.29, 0.717) is 12.5 Å². The van der Waals surface area contributed by atoms with Crippen LogP contribution in [0.4, 0.5) is 0 Å². The van der Waals surface area contributed by atoms with Crippen molar-refractivity contribution in [2.45, 2.75) is 25.3 Å². The molecule has 1 aliphatic carbocycles. The van der Waals surface area contributed by atoms with Crippen LogP contribution in [0.2, 0.25) is 0 Å². The van der Waals surface area contributed by atoms with Gasteiger partial charge in [0.05, 0.1) is 18.8 Å². The van der Waals surface area contributed by atoms with Crippen LogP contribution in [0.5, 0.6) is 0 Å². The minimum absolute atomic E-state index is 0.0126. The van der Waals surface area contributed by atoms with Gasteiger partial charge in [0.15, 0.2) is 5.69 Å². The van der Waals surface area contributed by atoms with E-state index >= 15 is 0 Å². The molecule has 0 spiro atoms. The number of hydrogen-bond donors (Lipinski definition) is 2. The smallest absolute Gasteiger partial charge is 0.271 e. The van der Waals surface area contributed by atoms with E-state index < -0.39 is 5.91 Å². The van der Waals surface area contributed by atoms with Gasteiger partial charge in [-0.15, -0.1) is 5.10 Å². The van der Waals surface area contributed by atoms with Crippen molar-refractivity contribution in [3.63, 3.8) is 0 Å². The molecule has 1 heterocycles. The monoisotopic (exact) mass is 196 g/mol. The fourth-order valence-corrected chi connectivity index (χ4v) is 1.52. The second-order valence-corrected chi connectivity index (χ2v) is 3.41. The molecule has 0 aliphatic heterocycles. The van der Waals surface area contributed by atoms with Crippen molar-refractivity contribution >= 4 is 5.91 Å². The van der Waals surface area contributed by atoms with E-state index in [4.69, 9.17) is 10.8 Å². The molecule has 0 unspecified atom stereocenters. The Bertz CT molecular complexity index is 356. The summed E-state index contributed by atoms with van der Waals surface area (Å²) in [6.45, 7) is 0.355. The quantitative estimate of drug-likeness (QED) is 0.662. The van der Waals surface area contributed by atoms with Crippen molar-refractivity contribution in [2.75, 3.05) is 6.61 Å². The van der Waals surface area contributed by atoms with E-state index in [1.54, 1.807) is 4.68 Å². The van der Waals surface area contributed by atoms with Crippen LogP contribution in [0, 0.1) is 0 Å². The zero-order valence-electron chi connectivity index (χ0n) is 7.68. The van der Waals surface area contributed by atoms with E-state index in [9.17, 15) is 4.79 Å². The third-order valence-electron chi connectivity index (χ3n) is 2.28. The number of carbonyl (C=O) groups is 1. The lowest BCUT2D eigenvalue weighted by Crippen LogP contribution is -2.15. The van der Waals surface area contributed by atoms with Crippen molar-refractivity contribution in [3.05, 3.63) is 11.4 Å². The Morgan fingerprint density at radius 3 is 2.86 bits per heavy atom. The molecule has 0 bridgehead atoms. The molecule has 1 aliphatic rings. The molecule has 3 N–H and O–H groups in total. The highest BCUT2D eigenvalue weighted by Crippen LogP contribution is 2.40. The number of carbonyl (C=O) groups excluding carboxylic acids is 1. The molecule has 6 heteroatoms. The van der Waals surface area contributed by atoms with Crippen molar-refractivity contribution < 1.29 is 9.90 Å². The summed E-state index contributed by atoms with van der Waals surface area (Å²) in [5, 5.41) is 16.3. The number of primary amides is 1. The number of aliphatic hydroxyl groups is 1. The van der Waals surface area contributed by atoms with Gasteiger partial charge in [-0.1, -0.05) is 5.21 Å². The van der Waals surface area contributed by atoms with Gasteiger partial charge in [-0.3, -0.25) is 4.79 Å². The van der Waals surface area contributed by atoms with Gasteiger partial charge in [-0.25, -0.2) is 4.68 Å². The maximum Gasteiger partial charge on any atom is 0.271 e. The number of aromatic nitrogens is 3. The lowest BCUT2D eigenvalue weighted by molar-refractivity contribution is 0.0994. The van der Waals surface area contributed by atoms with Crippen LogP contribution < -0.4 is 5.73 Å². The normalized spacial score (nSPS) is 15.8. The summed E-state index contributed by atoms with van der Waals surface area (Å²) < 4.78 is 1.57. The number of rotatable bonds is 4. The summed E-state index contributed by atoms with van der Waals surface area (Å²) in [7, 11) is 0. The minimum Gasteiger partial charge on any atom is -0.394 e. The summed E-state index contributed by atoms with van der Waals surface area (Å²) in [5.41, 5.74) is 6.21. The summed E-state index contributed by atoms with van der Waals surface area (Å²) in [6, 6.07) is 0. The maximum atomic E-state index is 11.0. The van der Waals surface area contributed by atoms with Crippen LogP contribution in [0.1, 0.15) is 34.9 Å². The van der Waals surface area contributed by atoms with E-state index in [1.807, 2.05) is 0 Å². The average Bonchev–Trinajstić information content (AvgIpc) is 2.88. The van der Waals surface area contributed by atoms with Crippen molar-refractivity contribution in [3.8, 4) is 0 Å². The highest BCUT2D eigenvalue weighted by Gasteiger charge is 2.32. The van der Waals surface area contributed by atoms with E-state index in [2.05, 4.69) is 10.3 Å². The fraction of sp³-hybridized carbons (Fsp3) is 0.625. The predicted octanol–water partition coefficient (Wildman–Crippen LogP) is -0.753. The summed E-state index contributed by atoms with van der Waals surface area (Å²) in [6.07, 6.45) is 2.08. The first-order chi connectivity index (χ1) is 6.74. The lowest BCUT2D eigenvalue weighted by Gasteiger charge is -2.02. The van der Waals surface area contributed by atoms with E-state index in [0.717, 1.165) is 18.5 Å². The number of aliphatic hydroxyl groups excluding tert-OH is 1. The fourth-order valence-electron chi connectivity index (χ4n) is 1.52. The third-order valence-corrected chi connectivity index (χ3v) is 2.28. The first kappa shape index (κ1) is 9.14. The largest absolute Gasteiger partial charge is 0.394 e. The number of nitrogens with two attached hydrogens (primary N) is 1. The number of nitrogens with zero attached hydrogens (tertiary/aromatic N) is 3. The van der Waals surface area contributed by atoms with Gasteiger partial charge in [0, 0.05) is 5.92 Å². The van der Waals surface area contributed by atoms with Crippen LogP contribution in [-0.4, -0.2) is 32.6 Å². The SMILES string of the molecule is NC(=O)c1nnn(CCO)c1C1CC1. The van der Waals surface area contributed by atoms with E-state index in [-0.39, 0.29) is 12.3 Å². The van der Waals surface area contributed by atoms with Gasteiger partial charge < -0.3 is 10.8 Å². The Balaban J connectivity index is 2.36. The predicted molar refractivity (Wildman–Crippen MR) is 47.6 cm³/mol. The van der Waals surface area contributed by atoms with Crippen LogP contribution >= 0.6 is 0 Å². The minimum atomic E-state index is -0.545. The Labute approximate surface area is 80.7 Å². The zero-order valence-corrected chi connectivity index (χ0v) is 7.68. The van der Waals surface area contributed by atoms with Crippen LogP contribution in [-0.2, 0) is 6.54 Å². The zero-order chi connectivity index (χ0) is 10.1. The topological polar surface area (TPSA) is 94.0 Å². The van der Waals surface area contributed by atoms with Gasteiger partial charge >= 0.3 is 0 Å². The highest BCUT2D eigenvalue weighted by molar-refractivity contribution is 5.92. The van der Waals surface area contributed by atoms with Gasteiger partial charge in [0.1, 0.15) is 0 Å². The van der Waals surface area contributed by atoms with Gasteiger partial charge in [-0.05, 0) is 12.8 Å². The molecule has 0 radical (unpaired) electrons. The average molecular weight is 196 g/mol. The lowest BCUT2D eigenvalue weighted by atomic mass is 10.2. The van der Waals surface area contributed by atoms with Gasteiger partial charge in [0.2, 0.25) is 0 Å². The molecule has 1 aromatic rings. The molecule has 0 aromatic carbocycles. The number of hydrogen-bond acceptors (Lipinski definition) is 4. The third kappa shape index (κ3) is 1.48. The van der Waals surface area contributed by atoms with Crippen LogP contribution in [0.15, 0.2) is 0 Å². The molecule has 76 valence electrons. The maximum absolute atomic E-state index is 11.0. The molecule has 6 nitrogen and oxygen atoms in total. The molecule has 1 saturated carbocycles. The second kappa shape index (κ2) is 3.38. The standard InChI is InChI=1S/C8H12N4O2/c9-8(14)6-7(5-1-2-5)12(3-4-13)11-10-6/h5,13H,1-4H2,(H2,9,14). The van der Waals surface area contributed by atoms with Gasteiger partial charge in [0.25, 0.3) is 5.91 Å². The van der Waals surface area contributed by atoms with Crippen molar-refractivity contribution in [2.24, 2.45) is 5.73 Å². The molecular formula is C8H12N4O2. The first-order valence-electron chi connectivity index (χ1n) is 4.58. The Kier molecular flexibility index (Phi) is 2.20. The molecule has 1 aromatic heterocycles. The Morgan fingerprint density at radius 2 is 2.36 bits per heavy atom. The summed E-state index contributed by atoms with van der Waals surface area (Å²) >= 11 is 0. The molecule has 14 heavy (non-hydrogen) atoms. The molecule has 1 fully saturated rings. The number of amides is 1. The molecule has 2 rings (SSSR count).